The van der Waals surface area contributed by atoms with Crippen LogP contribution in [0.5, 0.6) is 5.75 Å². The minimum absolute atomic E-state index is 0.0250. The van der Waals surface area contributed by atoms with Gasteiger partial charge in [-0.3, -0.25) is 4.79 Å². The van der Waals surface area contributed by atoms with E-state index in [9.17, 15) is 9.90 Å². The van der Waals surface area contributed by atoms with E-state index in [0.29, 0.717) is 12.3 Å². The van der Waals surface area contributed by atoms with Crippen molar-refractivity contribution in [3.8, 4) is 5.75 Å². The summed E-state index contributed by atoms with van der Waals surface area (Å²) in [6.07, 6.45) is 4.42. The normalized spacial score (nSPS) is 17.7. The predicted molar refractivity (Wildman–Crippen MR) is 86.8 cm³/mol. The number of amides is 1. The first-order valence-corrected chi connectivity index (χ1v) is 7.70. The predicted octanol–water partition coefficient (Wildman–Crippen LogP) is 2.46. The van der Waals surface area contributed by atoms with E-state index in [0.717, 1.165) is 29.7 Å². The minimum Gasteiger partial charge on any atom is -0.496 e. The SMILES string of the molecule is COc1ccccc1C/C(C)=C/C(=O)NC(C)(CO)C1CC1. The van der Waals surface area contributed by atoms with Crippen LogP contribution >= 0.6 is 0 Å². The molecule has 4 nitrogen and oxygen atoms in total. The first-order valence-electron chi connectivity index (χ1n) is 7.70. The molecule has 4 heteroatoms. The van der Waals surface area contributed by atoms with Crippen LogP contribution in [-0.4, -0.2) is 30.3 Å². The molecular weight excluding hydrogens is 278 g/mol. The molecule has 1 aliphatic rings. The molecule has 1 aromatic carbocycles. The molecule has 1 aromatic rings. The van der Waals surface area contributed by atoms with E-state index < -0.39 is 5.54 Å². The molecule has 0 saturated heterocycles. The van der Waals surface area contributed by atoms with Crippen LogP contribution in [0.2, 0.25) is 0 Å². The van der Waals surface area contributed by atoms with E-state index in [1.165, 1.54) is 0 Å². The molecule has 1 aliphatic carbocycles. The Morgan fingerprint density at radius 2 is 2.14 bits per heavy atom. The number of aliphatic hydroxyl groups excluding tert-OH is 1. The first kappa shape index (κ1) is 16.6. The van der Waals surface area contributed by atoms with Crippen molar-refractivity contribution < 1.29 is 14.6 Å². The second kappa shape index (κ2) is 6.97. The lowest BCUT2D eigenvalue weighted by Gasteiger charge is -2.28. The second-order valence-electron chi connectivity index (χ2n) is 6.32. The summed E-state index contributed by atoms with van der Waals surface area (Å²) in [5.74, 6) is 1.08. The van der Waals surface area contributed by atoms with Crippen LogP contribution < -0.4 is 10.1 Å². The molecule has 120 valence electrons. The molecule has 0 aliphatic heterocycles. The quantitative estimate of drug-likeness (QED) is 0.761. The Balaban J connectivity index is 2.00. The molecule has 1 saturated carbocycles. The van der Waals surface area contributed by atoms with Crippen molar-refractivity contribution in [3.63, 3.8) is 0 Å². The summed E-state index contributed by atoms with van der Waals surface area (Å²) in [6.45, 7) is 3.81. The molecule has 22 heavy (non-hydrogen) atoms. The van der Waals surface area contributed by atoms with Crippen LogP contribution in [0.1, 0.15) is 32.3 Å². The van der Waals surface area contributed by atoms with Crippen LogP contribution in [0, 0.1) is 5.92 Å². The fourth-order valence-electron chi connectivity index (χ4n) is 2.73. The Hall–Kier alpha value is -1.81. The van der Waals surface area contributed by atoms with Crippen molar-refractivity contribution >= 4 is 5.91 Å². The summed E-state index contributed by atoms with van der Waals surface area (Å²) in [4.78, 5) is 12.2. The number of carbonyl (C=O) groups is 1. The van der Waals surface area contributed by atoms with Gasteiger partial charge in [0, 0.05) is 6.08 Å². The van der Waals surface area contributed by atoms with Gasteiger partial charge in [-0.25, -0.2) is 0 Å². The highest BCUT2D eigenvalue weighted by atomic mass is 16.5. The Kier molecular flexibility index (Phi) is 5.24. The van der Waals surface area contributed by atoms with Crippen molar-refractivity contribution in [1.29, 1.82) is 0 Å². The number of rotatable bonds is 7. The molecule has 2 rings (SSSR count). The molecule has 1 fully saturated rings. The lowest BCUT2D eigenvalue weighted by Crippen LogP contribution is -2.50. The number of hydrogen-bond donors (Lipinski definition) is 2. The zero-order chi connectivity index (χ0) is 16.2. The number of hydrogen-bond acceptors (Lipinski definition) is 3. The van der Waals surface area contributed by atoms with Crippen molar-refractivity contribution in [2.24, 2.45) is 5.92 Å². The number of carbonyl (C=O) groups excluding carboxylic acids is 1. The standard InChI is InChI=1S/C18H25NO3/c1-13(10-14-6-4-5-7-16(14)22-3)11-17(21)19-18(2,12-20)15-8-9-15/h4-7,11,15,20H,8-10,12H2,1-3H3,(H,19,21)/b13-11+. The highest BCUT2D eigenvalue weighted by Gasteiger charge is 2.41. The molecule has 1 amide bonds. The van der Waals surface area contributed by atoms with E-state index >= 15 is 0 Å². The second-order valence-corrected chi connectivity index (χ2v) is 6.32. The van der Waals surface area contributed by atoms with Crippen molar-refractivity contribution in [2.75, 3.05) is 13.7 Å². The smallest absolute Gasteiger partial charge is 0.244 e. The monoisotopic (exact) mass is 303 g/mol. The van der Waals surface area contributed by atoms with Gasteiger partial charge in [-0.15, -0.1) is 0 Å². The summed E-state index contributed by atoms with van der Waals surface area (Å²) in [7, 11) is 1.65. The fraction of sp³-hybridized carbons (Fsp3) is 0.500. The van der Waals surface area contributed by atoms with Crippen LogP contribution in [-0.2, 0) is 11.2 Å². The van der Waals surface area contributed by atoms with Gasteiger partial charge in [0.25, 0.3) is 0 Å². The van der Waals surface area contributed by atoms with Gasteiger partial charge < -0.3 is 15.2 Å². The average molecular weight is 303 g/mol. The molecule has 2 N–H and O–H groups in total. The summed E-state index contributed by atoms with van der Waals surface area (Å²) < 4.78 is 5.33. The topological polar surface area (TPSA) is 58.6 Å². The van der Waals surface area contributed by atoms with Gasteiger partial charge in [-0.1, -0.05) is 23.8 Å². The molecule has 0 bridgehead atoms. The molecule has 0 aromatic heterocycles. The van der Waals surface area contributed by atoms with E-state index in [1.807, 2.05) is 38.1 Å². The lowest BCUT2D eigenvalue weighted by molar-refractivity contribution is -0.119. The largest absolute Gasteiger partial charge is 0.496 e. The van der Waals surface area contributed by atoms with Gasteiger partial charge in [0.1, 0.15) is 5.75 Å². The molecule has 1 unspecified atom stereocenters. The van der Waals surface area contributed by atoms with Gasteiger partial charge in [0.2, 0.25) is 5.91 Å². The van der Waals surface area contributed by atoms with Crippen molar-refractivity contribution in [1.82, 2.24) is 5.32 Å². The first-order chi connectivity index (χ1) is 10.5. The van der Waals surface area contributed by atoms with Gasteiger partial charge in [-0.05, 0) is 50.7 Å². The molecule has 0 spiro atoms. The van der Waals surface area contributed by atoms with Crippen molar-refractivity contribution in [2.45, 2.75) is 38.6 Å². The maximum absolute atomic E-state index is 12.2. The van der Waals surface area contributed by atoms with Crippen LogP contribution in [0.4, 0.5) is 0 Å². The van der Waals surface area contributed by atoms with Crippen molar-refractivity contribution in [3.05, 3.63) is 41.5 Å². The average Bonchev–Trinajstić information content (AvgIpc) is 3.32. The number of aliphatic hydroxyl groups is 1. The molecular formula is C18H25NO3. The Bertz CT molecular complexity index is 563. The zero-order valence-corrected chi connectivity index (χ0v) is 13.6. The highest BCUT2D eigenvalue weighted by Crippen LogP contribution is 2.39. The number of allylic oxidation sites excluding steroid dienone is 1. The number of methoxy groups -OCH3 is 1. The van der Waals surface area contributed by atoms with E-state index in [4.69, 9.17) is 4.74 Å². The number of ether oxygens (including phenoxy) is 1. The number of para-hydroxylation sites is 1. The highest BCUT2D eigenvalue weighted by molar-refractivity contribution is 5.88. The third-order valence-corrected chi connectivity index (χ3v) is 4.25. The summed E-state index contributed by atoms with van der Waals surface area (Å²) in [5, 5.41) is 12.5. The van der Waals surface area contributed by atoms with E-state index in [-0.39, 0.29) is 12.5 Å². The van der Waals surface area contributed by atoms with Gasteiger partial charge >= 0.3 is 0 Å². The lowest BCUT2D eigenvalue weighted by atomic mass is 9.96. The maximum atomic E-state index is 12.2. The Morgan fingerprint density at radius 3 is 2.73 bits per heavy atom. The summed E-state index contributed by atoms with van der Waals surface area (Å²) >= 11 is 0. The van der Waals surface area contributed by atoms with Crippen LogP contribution in [0.15, 0.2) is 35.9 Å². The van der Waals surface area contributed by atoms with Crippen LogP contribution in [0.3, 0.4) is 0 Å². The fourth-order valence-corrected chi connectivity index (χ4v) is 2.73. The zero-order valence-electron chi connectivity index (χ0n) is 13.6. The van der Waals surface area contributed by atoms with Gasteiger partial charge in [-0.2, -0.15) is 0 Å². The molecule has 1 atom stereocenters. The maximum Gasteiger partial charge on any atom is 0.244 e. The molecule has 0 radical (unpaired) electrons. The Morgan fingerprint density at radius 1 is 1.45 bits per heavy atom. The Labute approximate surface area is 132 Å². The van der Waals surface area contributed by atoms with Gasteiger partial charge in [0.15, 0.2) is 0 Å². The van der Waals surface area contributed by atoms with Gasteiger partial charge in [0.05, 0.1) is 19.3 Å². The third-order valence-electron chi connectivity index (χ3n) is 4.25. The van der Waals surface area contributed by atoms with Crippen LogP contribution in [0.25, 0.3) is 0 Å². The summed E-state index contributed by atoms with van der Waals surface area (Å²) in [6, 6.07) is 7.80. The summed E-state index contributed by atoms with van der Waals surface area (Å²) in [5.41, 5.74) is 1.51. The number of nitrogens with one attached hydrogen (secondary N) is 1. The third kappa shape index (κ3) is 4.10. The van der Waals surface area contributed by atoms with E-state index in [2.05, 4.69) is 5.32 Å². The molecule has 0 heterocycles. The van der Waals surface area contributed by atoms with E-state index in [1.54, 1.807) is 13.2 Å². The minimum atomic E-state index is -0.502. The number of benzene rings is 1.